The zero-order valence-corrected chi connectivity index (χ0v) is 12.6. The molecule has 3 rings (SSSR count). The van der Waals surface area contributed by atoms with Crippen LogP contribution in [0.2, 0.25) is 0 Å². The fourth-order valence-corrected chi connectivity index (χ4v) is 4.66. The Morgan fingerprint density at radius 3 is 2.90 bits per heavy atom. The summed E-state index contributed by atoms with van der Waals surface area (Å²) in [5, 5.41) is 3.70. The maximum Gasteiger partial charge on any atom is 0.263 e. The van der Waals surface area contributed by atoms with Crippen molar-refractivity contribution in [2.24, 2.45) is 0 Å². The van der Waals surface area contributed by atoms with Crippen molar-refractivity contribution in [1.82, 2.24) is 10.3 Å². The van der Waals surface area contributed by atoms with Gasteiger partial charge in [0.15, 0.2) is 5.13 Å². The van der Waals surface area contributed by atoms with Crippen LogP contribution in [0.5, 0.6) is 0 Å². The highest BCUT2D eigenvalue weighted by atomic mass is 32.2. The van der Waals surface area contributed by atoms with Gasteiger partial charge in [-0.3, -0.25) is 4.72 Å². The summed E-state index contributed by atoms with van der Waals surface area (Å²) in [4.78, 5) is 5.79. The molecule has 0 atom stereocenters. The predicted octanol–water partition coefficient (Wildman–Crippen LogP) is 1.90. The largest absolute Gasteiger partial charge is 0.311 e. The first-order chi connectivity index (χ1) is 9.56. The standard InChI is InChI=1S/C13H15N3O2S2/c1-9-4-2-3-5-12(9)20(17,18)16-13-15-10-6-7-14-8-11(10)19-13/h2-5,14H,6-8H2,1H3,(H,15,16). The Morgan fingerprint density at radius 1 is 1.35 bits per heavy atom. The molecule has 0 saturated carbocycles. The molecule has 5 nitrogen and oxygen atoms in total. The molecule has 0 saturated heterocycles. The molecule has 0 spiro atoms. The number of hydrogen-bond donors (Lipinski definition) is 2. The van der Waals surface area contributed by atoms with Gasteiger partial charge in [0.05, 0.1) is 10.6 Å². The van der Waals surface area contributed by atoms with Crippen LogP contribution in [0, 0.1) is 6.92 Å². The minimum absolute atomic E-state index is 0.297. The lowest BCUT2D eigenvalue weighted by molar-refractivity contribution is 0.600. The van der Waals surface area contributed by atoms with Crippen molar-refractivity contribution in [1.29, 1.82) is 0 Å². The number of aromatic nitrogens is 1. The van der Waals surface area contributed by atoms with E-state index in [1.54, 1.807) is 25.1 Å². The molecule has 2 heterocycles. The van der Waals surface area contributed by atoms with Gasteiger partial charge in [-0.1, -0.05) is 29.5 Å². The highest BCUT2D eigenvalue weighted by Crippen LogP contribution is 2.27. The summed E-state index contributed by atoms with van der Waals surface area (Å²) >= 11 is 1.40. The minimum Gasteiger partial charge on any atom is -0.311 e. The summed E-state index contributed by atoms with van der Waals surface area (Å²) in [6.45, 7) is 3.44. The summed E-state index contributed by atoms with van der Waals surface area (Å²) in [5.74, 6) is 0. The quantitative estimate of drug-likeness (QED) is 0.908. The topological polar surface area (TPSA) is 71.1 Å². The van der Waals surface area contributed by atoms with E-state index < -0.39 is 10.0 Å². The molecule has 1 aromatic carbocycles. The van der Waals surface area contributed by atoms with Crippen molar-refractivity contribution in [2.45, 2.75) is 24.8 Å². The number of fused-ring (bicyclic) bond motifs is 1. The molecule has 20 heavy (non-hydrogen) atoms. The van der Waals surface area contributed by atoms with Crippen LogP contribution in [0.25, 0.3) is 0 Å². The van der Waals surface area contributed by atoms with Crippen LogP contribution < -0.4 is 10.0 Å². The third-order valence-corrected chi connectivity index (χ3v) is 5.85. The first kappa shape index (κ1) is 13.5. The average molecular weight is 309 g/mol. The average Bonchev–Trinajstić information content (AvgIpc) is 2.80. The number of thiazole rings is 1. The Kier molecular flexibility index (Phi) is 3.49. The van der Waals surface area contributed by atoms with Crippen molar-refractivity contribution >= 4 is 26.5 Å². The number of rotatable bonds is 3. The zero-order chi connectivity index (χ0) is 14.2. The minimum atomic E-state index is -3.57. The van der Waals surface area contributed by atoms with E-state index in [1.165, 1.54) is 11.3 Å². The van der Waals surface area contributed by atoms with E-state index >= 15 is 0 Å². The van der Waals surface area contributed by atoms with Crippen molar-refractivity contribution < 1.29 is 8.42 Å². The summed E-state index contributed by atoms with van der Waals surface area (Å²) < 4.78 is 27.3. The van der Waals surface area contributed by atoms with Crippen LogP contribution in [0.3, 0.4) is 0 Å². The summed E-state index contributed by atoms with van der Waals surface area (Å²) in [7, 11) is -3.57. The Balaban J connectivity index is 1.90. The lowest BCUT2D eigenvalue weighted by Gasteiger charge is -2.09. The second kappa shape index (κ2) is 5.16. The third kappa shape index (κ3) is 2.56. The van der Waals surface area contributed by atoms with Gasteiger partial charge in [0.1, 0.15) is 0 Å². The van der Waals surface area contributed by atoms with E-state index in [9.17, 15) is 8.42 Å². The molecule has 7 heteroatoms. The number of sulfonamides is 1. The van der Waals surface area contributed by atoms with Crippen molar-refractivity contribution in [3.63, 3.8) is 0 Å². The Morgan fingerprint density at radius 2 is 2.15 bits per heavy atom. The molecule has 0 fully saturated rings. The summed E-state index contributed by atoms with van der Waals surface area (Å²) in [5.41, 5.74) is 1.72. The number of nitrogens with one attached hydrogen (secondary N) is 2. The molecule has 1 aromatic heterocycles. The van der Waals surface area contributed by atoms with Crippen LogP contribution in [-0.4, -0.2) is 19.9 Å². The lowest BCUT2D eigenvalue weighted by Crippen LogP contribution is -2.22. The third-order valence-electron chi connectivity index (χ3n) is 3.21. The Labute approximate surface area is 122 Å². The highest BCUT2D eigenvalue weighted by Gasteiger charge is 2.21. The summed E-state index contributed by atoms with van der Waals surface area (Å²) in [6, 6.07) is 6.93. The number of benzene rings is 1. The molecule has 2 N–H and O–H groups in total. The van der Waals surface area contributed by atoms with Gasteiger partial charge in [-0.05, 0) is 18.6 Å². The molecular formula is C13H15N3O2S2. The lowest BCUT2D eigenvalue weighted by atomic mass is 10.2. The van der Waals surface area contributed by atoms with Gasteiger partial charge < -0.3 is 5.32 Å². The molecule has 2 aromatic rings. The van der Waals surface area contributed by atoms with Gasteiger partial charge in [0, 0.05) is 24.4 Å². The van der Waals surface area contributed by atoms with Crippen molar-refractivity contribution in [3.8, 4) is 0 Å². The predicted molar refractivity (Wildman–Crippen MR) is 79.5 cm³/mol. The second-order valence-electron chi connectivity index (χ2n) is 4.69. The normalized spacial score (nSPS) is 14.8. The first-order valence-corrected chi connectivity index (χ1v) is 8.64. The zero-order valence-electron chi connectivity index (χ0n) is 11.0. The maximum atomic E-state index is 12.4. The fraction of sp³-hybridized carbons (Fsp3) is 0.308. The molecule has 1 aliphatic rings. The molecular weight excluding hydrogens is 294 g/mol. The van der Waals surface area contributed by atoms with Gasteiger partial charge in [-0.25, -0.2) is 13.4 Å². The molecule has 0 aliphatic carbocycles. The van der Waals surface area contributed by atoms with E-state index in [0.29, 0.717) is 10.0 Å². The van der Waals surface area contributed by atoms with Gasteiger partial charge in [-0.15, -0.1) is 0 Å². The van der Waals surface area contributed by atoms with Crippen LogP contribution in [0.1, 0.15) is 16.1 Å². The molecule has 106 valence electrons. The first-order valence-electron chi connectivity index (χ1n) is 6.34. The number of anilines is 1. The Hall–Kier alpha value is -1.44. The van der Waals surface area contributed by atoms with E-state index in [-0.39, 0.29) is 0 Å². The van der Waals surface area contributed by atoms with Crippen molar-refractivity contribution in [3.05, 3.63) is 40.4 Å². The van der Waals surface area contributed by atoms with Gasteiger partial charge in [-0.2, -0.15) is 0 Å². The van der Waals surface area contributed by atoms with Crippen molar-refractivity contribution in [2.75, 3.05) is 11.3 Å². The van der Waals surface area contributed by atoms with E-state index in [0.717, 1.165) is 35.6 Å². The highest BCUT2D eigenvalue weighted by molar-refractivity contribution is 7.93. The van der Waals surface area contributed by atoms with E-state index in [1.807, 2.05) is 6.07 Å². The van der Waals surface area contributed by atoms with Crippen LogP contribution in [-0.2, 0) is 23.0 Å². The summed E-state index contributed by atoms with van der Waals surface area (Å²) in [6.07, 6.45) is 0.845. The monoisotopic (exact) mass is 309 g/mol. The van der Waals surface area contributed by atoms with Crippen LogP contribution in [0.4, 0.5) is 5.13 Å². The van der Waals surface area contributed by atoms with E-state index in [4.69, 9.17) is 0 Å². The van der Waals surface area contributed by atoms with Gasteiger partial charge in [0.2, 0.25) is 0 Å². The number of hydrogen-bond acceptors (Lipinski definition) is 5. The SMILES string of the molecule is Cc1ccccc1S(=O)(=O)Nc1nc2c(s1)CNCC2. The Bertz CT molecular complexity index is 714. The van der Waals surface area contributed by atoms with Gasteiger partial charge >= 0.3 is 0 Å². The molecule has 1 aliphatic heterocycles. The van der Waals surface area contributed by atoms with Gasteiger partial charge in [0.25, 0.3) is 10.0 Å². The van der Waals surface area contributed by atoms with Crippen LogP contribution in [0.15, 0.2) is 29.2 Å². The number of nitrogens with zero attached hydrogens (tertiary/aromatic N) is 1. The molecule has 0 unspecified atom stereocenters. The smallest absolute Gasteiger partial charge is 0.263 e. The molecule has 0 amide bonds. The molecule has 0 bridgehead atoms. The molecule has 0 radical (unpaired) electrons. The maximum absolute atomic E-state index is 12.4. The number of aryl methyl sites for hydroxylation is 1. The second-order valence-corrected chi connectivity index (χ2v) is 7.42. The fourth-order valence-electron chi connectivity index (χ4n) is 2.20. The van der Waals surface area contributed by atoms with E-state index in [2.05, 4.69) is 15.0 Å². The van der Waals surface area contributed by atoms with Crippen LogP contribution >= 0.6 is 11.3 Å².